The van der Waals surface area contributed by atoms with Crippen LogP contribution in [0.4, 0.5) is 0 Å². The molecule has 32 heavy (non-hydrogen) atoms. The SMILES string of the molecule is CC1CC(OC(C)CC2OCCC(C)O2)OC(C)O1.CCC(C)OC1CC(C)OC(C)O1. The Morgan fingerprint density at radius 1 is 0.719 bits per heavy atom. The molecule has 0 radical (unpaired) electrons. The van der Waals surface area contributed by atoms with Gasteiger partial charge in [-0.2, -0.15) is 0 Å². The van der Waals surface area contributed by atoms with Crippen LogP contribution in [0.3, 0.4) is 0 Å². The van der Waals surface area contributed by atoms with Crippen LogP contribution in [0, 0.1) is 0 Å². The first-order chi connectivity index (χ1) is 15.1. The number of ether oxygens (including phenoxy) is 8. The molecule has 10 unspecified atom stereocenters. The van der Waals surface area contributed by atoms with Gasteiger partial charge in [-0.1, -0.05) is 6.92 Å². The van der Waals surface area contributed by atoms with Gasteiger partial charge in [0.05, 0.1) is 37.1 Å². The minimum Gasteiger partial charge on any atom is -0.352 e. The van der Waals surface area contributed by atoms with E-state index in [4.69, 9.17) is 37.9 Å². The Morgan fingerprint density at radius 2 is 1.25 bits per heavy atom. The number of hydrogen-bond acceptors (Lipinski definition) is 8. The molecule has 0 aromatic heterocycles. The monoisotopic (exact) mass is 462 g/mol. The fourth-order valence-electron chi connectivity index (χ4n) is 3.88. The standard InChI is InChI=1S/C14H26O5.C10H20O3/c1-9-5-6-15-13(17-9)7-11(3)18-14-8-10(2)16-12(4)19-14;1-5-7(2)12-10-6-8(3)11-9(4)13-10/h9-14H,5-8H2,1-4H3;7-10H,5-6H2,1-4H3. The summed E-state index contributed by atoms with van der Waals surface area (Å²) in [6, 6.07) is 0. The van der Waals surface area contributed by atoms with E-state index in [1.807, 2.05) is 34.6 Å². The van der Waals surface area contributed by atoms with Crippen LogP contribution in [0.5, 0.6) is 0 Å². The van der Waals surface area contributed by atoms with Crippen molar-refractivity contribution < 1.29 is 37.9 Å². The quantitative estimate of drug-likeness (QED) is 0.538. The van der Waals surface area contributed by atoms with Gasteiger partial charge >= 0.3 is 0 Å². The summed E-state index contributed by atoms with van der Waals surface area (Å²) in [7, 11) is 0. The normalized spacial score (nSPS) is 40.1. The maximum absolute atomic E-state index is 5.91. The summed E-state index contributed by atoms with van der Waals surface area (Å²) in [6.07, 6.45) is 4.48. The van der Waals surface area contributed by atoms with E-state index in [9.17, 15) is 0 Å². The largest absolute Gasteiger partial charge is 0.352 e. The molecule has 0 amide bonds. The van der Waals surface area contributed by atoms with Gasteiger partial charge in [0.15, 0.2) is 31.5 Å². The van der Waals surface area contributed by atoms with Crippen molar-refractivity contribution in [2.24, 2.45) is 0 Å². The van der Waals surface area contributed by atoms with Gasteiger partial charge in [-0.3, -0.25) is 0 Å². The van der Waals surface area contributed by atoms with Gasteiger partial charge in [0.2, 0.25) is 0 Å². The van der Waals surface area contributed by atoms with E-state index in [-0.39, 0.29) is 62.0 Å². The maximum Gasteiger partial charge on any atom is 0.163 e. The third-order valence-corrected chi connectivity index (χ3v) is 5.66. The average molecular weight is 463 g/mol. The van der Waals surface area contributed by atoms with E-state index in [0.29, 0.717) is 0 Å². The molecular formula is C24H46O8. The molecule has 0 bridgehead atoms. The molecule has 0 saturated carbocycles. The molecule has 3 aliphatic heterocycles. The molecule has 10 atom stereocenters. The second-order valence-corrected chi connectivity index (χ2v) is 9.20. The summed E-state index contributed by atoms with van der Waals surface area (Å²) in [5, 5.41) is 0. The average Bonchev–Trinajstić information content (AvgIpc) is 2.66. The first kappa shape index (κ1) is 27.9. The molecule has 8 nitrogen and oxygen atoms in total. The van der Waals surface area contributed by atoms with Crippen LogP contribution in [-0.4, -0.2) is 68.6 Å². The van der Waals surface area contributed by atoms with E-state index in [1.54, 1.807) is 0 Å². The van der Waals surface area contributed by atoms with Gasteiger partial charge in [-0.05, 0) is 61.3 Å². The summed E-state index contributed by atoms with van der Waals surface area (Å²) in [5.41, 5.74) is 0. The molecular weight excluding hydrogens is 416 g/mol. The van der Waals surface area contributed by atoms with Crippen molar-refractivity contribution in [3.63, 3.8) is 0 Å². The fraction of sp³-hybridized carbons (Fsp3) is 1.00. The first-order valence-electron chi connectivity index (χ1n) is 12.3. The van der Waals surface area contributed by atoms with Gasteiger partial charge in [0.25, 0.3) is 0 Å². The molecule has 0 aliphatic carbocycles. The second kappa shape index (κ2) is 14.2. The molecule has 3 aliphatic rings. The topological polar surface area (TPSA) is 73.8 Å². The van der Waals surface area contributed by atoms with Crippen LogP contribution in [-0.2, 0) is 37.9 Å². The van der Waals surface area contributed by atoms with Crippen molar-refractivity contribution in [1.82, 2.24) is 0 Å². The van der Waals surface area contributed by atoms with E-state index >= 15 is 0 Å². The van der Waals surface area contributed by atoms with Crippen LogP contribution in [0.15, 0.2) is 0 Å². The summed E-state index contributed by atoms with van der Waals surface area (Å²) in [6.45, 7) is 16.9. The van der Waals surface area contributed by atoms with Crippen molar-refractivity contribution in [1.29, 1.82) is 0 Å². The Hall–Kier alpha value is -0.320. The fourth-order valence-corrected chi connectivity index (χ4v) is 3.88. The van der Waals surface area contributed by atoms with Crippen LogP contribution in [0.2, 0.25) is 0 Å². The van der Waals surface area contributed by atoms with Gasteiger partial charge in [0.1, 0.15) is 0 Å². The van der Waals surface area contributed by atoms with E-state index in [2.05, 4.69) is 20.8 Å². The lowest BCUT2D eigenvalue weighted by Crippen LogP contribution is -2.39. The minimum atomic E-state index is -0.205. The van der Waals surface area contributed by atoms with Gasteiger partial charge < -0.3 is 37.9 Å². The Labute approximate surface area is 194 Å². The summed E-state index contributed by atoms with van der Waals surface area (Å²) in [4.78, 5) is 0. The van der Waals surface area contributed by atoms with Crippen molar-refractivity contribution >= 4 is 0 Å². The molecule has 3 rings (SSSR count). The lowest BCUT2D eigenvalue weighted by atomic mass is 10.2. The van der Waals surface area contributed by atoms with Crippen molar-refractivity contribution in [3.8, 4) is 0 Å². The third-order valence-electron chi connectivity index (χ3n) is 5.66. The first-order valence-corrected chi connectivity index (χ1v) is 12.3. The van der Waals surface area contributed by atoms with E-state index in [1.165, 1.54) is 0 Å². The van der Waals surface area contributed by atoms with Gasteiger partial charge in [0, 0.05) is 19.3 Å². The molecule has 3 heterocycles. The summed E-state index contributed by atoms with van der Waals surface area (Å²) < 4.78 is 44.9. The highest BCUT2D eigenvalue weighted by atomic mass is 16.8. The minimum absolute atomic E-state index is 0.0396. The van der Waals surface area contributed by atoms with Crippen LogP contribution >= 0.6 is 0 Å². The predicted molar refractivity (Wildman–Crippen MR) is 120 cm³/mol. The highest BCUT2D eigenvalue weighted by Gasteiger charge is 2.29. The molecule has 0 aromatic rings. The zero-order valence-corrected chi connectivity index (χ0v) is 21.3. The third kappa shape index (κ3) is 10.7. The van der Waals surface area contributed by atoms with Crippen LogP contribution in [0.1, 0.15) is 87.5 Å². The van der Waals surface area contributed by atoms with Gasteiger partial charge in [-0.25, -0.2) is 0 Å². The zero-order valence-electron chi connectivity index (χ0n) is 21.3. The second-order valence-electron chi connectivity index (χ2n) is 9.20. The molecule has 0 spiro atoms. The molecule has 0 aromatic carbocycles. The van der Waals surface area contributed by atoms with Crippen LogP contribution in [0.25, 0.3) is 0 Å². The van der Waals surface area contributed by atoms with E-state index < -0.39 is 0 Å². The number of hydrogen-bond donors (Lipinski definition) is 0. The lowest BCUT2D eigenvalue weighted by molar-refractivity contribution is -0.311. The molecule has 3 saturated heterocycles. The molecule has 0 N–H and O–H groups in total. The molecule has 3 fully saturated rings. The summed E-state index contributed by atoms with van der Waals surface area (Å²) in [5.74, 6) is 0. The highest BCUT2D eigenvalue weighted by Crippen LogP contribution is 2.23. The predicted octanol–water partition coefficient (Wildman–Crippen LogP) is 4.73. The maximum atomic E-state index is 5.91. The Bertz CT molecular complexity index is 486. The number of rotatable bonds is 7. The Kier molecular flexibility index (Phi) is 12.4. The van der Waals surface area contributed by atoms with Crippen molar-refractivity contribution in [2.75, 3.05) is 6.61 Å². The van der Waals surface area contributed by atoms with Crippen molar-refractivity contribution in [2.45, 2.75) is 149 Å². The molecule has 190 valence electrons. The van der Waals surface area contributed by atoms with Crippen molar-refractivity contribution in [3.05, 3.63) is 0 Å². The smallest absolute Gasteiger partial charge is 0.163 e. The Morgan fingerprint density at radius 3 is 1.72 bits per heavy atom. The Balaban J connectivity index is 0.000000244. The zero-order chi connectivity index (χ0) is 23.7. The summed E-state index contributed by atoms with van der Waals surface area (Å²) >= 11 is 0. The highest BCUT2D eigenvalue weighted by molar-refractivity contribution is 4.66. The molecule has 8 heteroatoms. The van der Waals surface area contributed by atoms with Gasteiger partial charge in [-0.15, -0.1) is 0 Å². The lowest BCUT2D eigenvalue weighted by Gasteiger charge is -2.35. The van der Waals surface area contributed by atoms with Crippen LogP contribution < -0.4 is 0 Å². The van der Waals surface area contributed by atoms with E-state index in [0.717, 1.165) is 38.7 Å².